The molecular weight excluding hydrogens is 511 g/mol. The lowest BCUT2D eigenvalue weighted by Crippen LogP contribution is -2.50. The SMILES string of the molecule is CCOC(=O)N1CCC(NC(=NC)NCCNS(=O)(=O)c2cccnc2)CC1.I. The Morgan fingerprint density at radius 1 is 1.34 bits per heavy atom. The zero-order valence-electron chi connectivity index (χ0n) is 16.6. The Morgan fingerprint density at radius 2 is 2.07 bits per heavy atom. The van der Waals surface area contributed by atoms with Crippen LogP contribution in [0, 0.1) is 0 Å². The third kappa shape index (κ3) is 8.30. The number of carbonyl (C=O) groups excluding carboxylic acids is 1. The minimum absolute atomic E-state index is 0. The van der Waals surface area contributed by atoms with E-state index in [9.17, 15) is 13.2 Å². The first-order valence-corrected chi connectivity index (χ1v) is 10.7. The van der Waals surface area contributed by atoms with E-state index in [-0.39, 0.29) is 47.6 Å². The molecule has 164 valence electrons. The van der Waals surface area contributed by atoms with Gasteiger partial charge >= 0.3 is 6.09 Å². The van der Waals surface area contributed by atoms with Gasteiger partial charge in [-0.2, -0.15) is 0 Å². The molecule has 0 saturated carbocycles. The lowest BCUT2D eigenvalue weighted by molar-refractivity contribution is 0.0963. The molecule has 0 radical (unpaired) electrons. The Bertz CT molecular complexity index is 754. The van der Waals surface area contributed by atoms with Crippen LogP contribution >= 0.6 is 24.0 Å². The first-order valence-electron chi connectivity index (χ1n) is 9.25. The molecule has 1 aromatic rings. The zero-order chi connectivity index (χ0) is 20.4. The normalized spacial score (nSPS) is 15.4. The van der Waals surface area contributed by atoms with E-state index in [0.717, 1.165) is 12.8 Å². The molecule has 1 aromatic heterocycles. The van der Waals surface area contributed by atoms with E-state index < -0.39 is 10.0 Å². The second-order valence-electron chi connectivity index (χ2n) is 6.19. The molecule has 1 aliphatic heterocycles. The predicted octanol–water partition coefficient (Wildman–Crippen LogP) is 0.764. The van der Waals surface area contributed by atoms with Crippen molar-refractivity contribution in [3.63, 3.8) is 0 Å². The van der Waals surface area contributed by atoms with Gasteiger partial charge < -0.3 is 20.3 Å². The predicted molar refractivity (Wildman–Crippen MR) is 121 cm³/mol. The van der Waals surface area contributed by atoms with Crippen LogP contribution in [0.4, 0.5) is 4.79 Å². The largest absolute Gasteiger partial charge is 0.450 e. The molecule has 3 N–H and O–H groups in total. The number of hydrogen-bond donors (Lipinski definition) is 3. The molecule has 0 aromatic carbocycles. The number of amides is 1. The van der Waals surface area contributed by atoms with Crippen LogP contribution in [0.15, 0.2) is 34.4 Å². The van der Waals surface area contributed by atoms with Crippen LogP contribution in [0.5, 0.6) is 0 Å². The number of aromatic nitrogens is 1. The van der Waals surface area contributed by atoms with Crippen molar-refractivity contribution in [3.8, 4) is 0 Å². The van der Waals surface area contributed by atoms with E-state index in [1.165, 1.54) is 18.5 Å². The van der Waals surface area contributed by atoms with Crippen molar-refractivity contribution in [3.05, 3.63) is 24.5 Å². The summed E-state index contributed by atoms with van der Waals surface area (Å²) in [6, 6.07) is 3.25. The average molecular weight is 540 g/mol. The summed E-state index contributed by atoms with van der Waals surface area (Å²) in [5.41, 5.74) is 0. The van der Waals surface area contributed by atoms with Gasteiger partial charge in [-0.05, 0) is 31.9 Å². The molecule has 1 amide bonds. The molecule has 0 spiro atoms. The highest BCUT2D eigenvalue weighted by molar-refractivity contribution is 14.0. The van der Waals surface area contributed by atoms with Crippen LogP contribution in [0.2, 0.25) is 0 Å². The van der Waals surface area contributed by atoms with E-state index in [1.807, 2.05) is 0 Å². The van der Waals surface area contributed by atoms with Gasteiger partial charge in [0.05, 0.1) is 6.61 Å². The molecule has 29 heavy (non-hydrogen) atoms. The molecule has 12 heteroatoms. The second kappa shape index (κ2) is 12.8. The average Bonchev–Trinajstić information content (AvgIpc) is 2.71. The molecular formula is C17H29IN6O4S. The van der Waals surface area contributed by atoms with E-state index in [2.05, 4.69) is 25.3 Å². The molecule has 0 unspecified atom stereocenters. The number of guanidine groups is 1. The van der Waals surface area contributed by atoms with Crippen molar-refractivity contribution in [2.75, 3.05) is 39.8 Å². The van der Waals surface area contributed by atoms with Gasteiger partial charge in [0.25, 0.3) is 0 Å². The fourth-order valence-electron chi connectivity index (χ4n) is 2.76. The highest BCUT2D eigenvalue weighted by atomic mass is 127. The van der Waals surface area contributed by atoms with Gasteiger partial charge in [0.15, 0.2) is 5.96 Å². The lowest BCUT2D eigenvalue weighted by atomic mass is 10.1. The number of aliphatic imine (C=N–C) groups is 1. The number of nitrogens with zero attached hydrogens (tertiary/aromatic N) is 3. The molecule has 2 heterocycles. The molecule has 1 aliphatic rings. The first kappa shape index (κ1) is 25.4. The maximum Gasteiger partial charge on any atom is 0.409 e. The van der Waals surface area contributed by atoms with E-state index in [0.29, 0.717) is 32.2 Å². The number of rotatable bonds is 7. The number of halogens is 1. The van der Waals surface area contributed by atoms with Gasteiger partial charge in [0.1, 0.15) is 4.90 Å². The quantitative estimate of drug-likeness (QED) is 0.202. The molecule has 10 nitrogen and oxygen atoms in total. The Labute approximate surface area is 189 Å². The summed E-state index contributed by atoms with van der Waals surface area (Å²) in [5, 5.41) is 6.39. The topological polar surface area (TPSA) is 125 Å². The summed E-state index contributed by atoms with van der Waals surface area (Å²) in [7, 11) is -1.92. The van der Waals surface area contributed by atoms with Crippen molar-refractivity contribution in [2.24, 2.45) is 4.99 Å². The van der Waals surface area contributed by atoms with Gasteiger partial charge in [-0.1, -0.05) is 0 Å². The number of piperidine rings is 1. The summed E-state index contributed by atoms with van der Waals surface area (Å²) in [6.07, 6.45) is 4.12. The van der Waals surface area contributed by atoms with Crippen LogP contribution < -0.4 is 15.4 Å². The van der Waals surface area contributed by atoms with E-state index in [1.54, 1.807) is 24.9 Å². The fourth-order valence-corrected chi connectivity index (χ4v) is 3.76. The molecule has 1 fully saturated rings. The van der Waals surface area contributed by atoms with Crippen LogP contribution in [0.1, 0.15) is 19.8 Å². The Morgan fingerprint density at radius 3 is 2.66 bits per heavy atom. The van der Waals surface area contributed by atoms with Crippen molar-refractivity contribution < 1.29 is 17.9 Å². The number of sulfonamides is 1. The van der Waals surface area contributed by atoms with Gasteiger partial charge in [-0.25, -0.2) is 17.9 Å². The number of hydrogen-bond acceptors (Lipinski definition) is 6. The van der Waals surface area contributed by atoms with Gasteiger partial charge in [-0.15, -0.1) is 24.0 Å². The summed E-state index contributed by atoms with van der Waals surface area (Å²) in [5.74, 6) is 0.593. The van der Waals surface area contributed by atoms with Crippen molar-refractivity contribution in [2.45, 2.75) is 30.7 Å². The zero-order valence-corrected chi connectivity index (χ0v) is 19.8. The summed E-state index contributed by atoms with van der Waals surface area (Å²) in [4.78, 5) is 21.5. The minimum Gasteiger partial charge on any atom is -0.450 e. The number of ether oxygens (including phenoxy) is 1. The van der Waals surface area contributed by atoms with Gasteiger partial charge in [0.2, 0.25) is 10.0 Å². The maximum absolute atomic E-state index is 12.1. The van der Waals surface area contributed by atoms with Gasteiger partial charge in [-0.3, -0.25) is 9.98 Å². The van der Waals surface area contributed by atoms with Crippen molar-refractivity contribution >= 4 is 46.1 Å². The van der Waals surface area contributed by atoms with Crippen LogP contribution in [0.25, 0.3) is 0 Å². The highest BCUT2D eigenvalue weighted by Gasteiger charge is 2.24. The van der Waals surface area contributed by atoms with E-state index in [4.69, 9.17) is 4.74 Å². The molecule has 0 atom stereocenters. The van der Waals surface area contributed by atoms with Crippen molar-refractivity contribution in [1.29, 1.82) is 0 Å². The fraction of sp³-hybridized carbons (Fsp3) is 0.588. The maximum atomic E-state index is 12.1. The summed E-state index contributed by atoms with van der Waals surface area (Å²) >= 11 is 0. The Hall–Kier alpha value is -1.67. The highest BCUT2D eigenvalue weighted by Crippen LogP contribution is 2.11. The summed E-state index contributed by atoms with van der Waals surface area (Å²) < 4.78 is 31.8. The van der Waals surface area contributed by atoms with E-state index >= 15 is 0 Å². The van der Waals surface area contributed by atoms with Crippen LogP contribution in [0.3, 0.4) is 0 Å². The number of pyridine rings is 1. The molecule has 0 bridgehead atoms. The molecule has 0 aliphatic carbocycles. The number of likely N-dealkylation sites (tertiary alicyclic amines) is 1. The Balaban J connectivity index is 0.00000420. The number of carbonyl (C=O) groups is 1. The minimum atomic E-state index is -3.57. The van der Waals surface area contributed by atoms with Crippen LogP contribution in [-0.4, -0.2) is 76.2 Å². The van der Waals surface area contributed by atoms with Crippen LogP contribution in [-0.2, 0) is 14.8 Å². The van der Waals surface area contributed by atoms with Gasteiger partial charge in [0, 0.05) is 51.7 Å². The molecule has 1 saturated heterocycles. The third-order valence-electron chi connectivity index (χ3n) is 4.24. The van der Waals surface area contributed by atoms with Crippen molar-refractivity contribution in [1.82, 2.24) is 25.2 Å². The Kier molecular flexibility index (Phi) is 11.2. The third-order valence-corrected chi connectivity index (χ3v) is 5.69. The second-order valence-corrected chi connectivity index (χ2v) is 7.96. The molecule has 2 rings (SSSR count). The summed E-state index contributed by atoms with van der Waals surface area (Å²) in [6.45, 7) is 3.99. The lowest BCUT2D eigenvalue weighted by Gasteiger charge is -2.32. The standard InChI is InChI=1S/C17H28N6O4S.HI/c1-3-27-17(24)23-11-6-14(7-12-23)22-16(18-2)20-9-10-21-28(25,26)15-5-4-8-19-13-15;/h4-5,8,13-14,21H,3,6-7,9-12H2,1-2H3,(H2,18,20,22);1H. The monoisotopic (exact) mass is 540 g/mol. The first-order chi connectivity index (χ1) is 13.5. The smallest absolute Gasteiger partial charge is 0.409 e. The number of nitrogens with one attached hydrogen (secondary N) is 3.